The molecule has 2 heteroatoms. The molecule has 144 valence electrons. The highest BCUT2D eigenvalue weighted by Gasteiger charge is 2.63. The zero-order chi connectivity index (χ0) is 18.7. The Hall–Kier alpha value is -2.19. The van der Waals surface area contributed by atoms with E-state index in [1.165, 1.54) is 44.9 Å². The maximum absolute atomic E-state index is 3.05. The number of hydrogen-bond donors (Lipinski definition) is 0. The Bertz CT molecular complexity index is 1170. The maximum atomic E-state index is 3.05. The van der Waals surface area contributed by atoms with Crippen LogP contribution in [0.25, 0.3) is 0 Å². The van der Waals surface area contributed by atoms with Gasteiger partial charge in [-0.25, -0.2) is 4.90 Å². The molecule has 5 aliphatic heterocycles. The highest BCUT2D eigenvalue weighted by atomic mass is 15.4. The van der Waals surface area contributed by atoms with Gasteiger partial charge in [0, 0.05) is 18.5 Å². The van der Waals surface area contributed by atoms with Crippen molar-refractivity contribution in [2.45, 2.75) is 75.5 Å². The van der Waals surface area contributed by atoms with E-state index in [0.717, 1.165) is 18.9 Å². The fourth-order valence-electron chi connectivity index (χ4n) is 8.08. The minimum absolute atomic E-state index is 0.130. The minimum Gasteiger partial charge on any atom is -0.235 e. The topological polar surface area (TPSA) is 6.25 Å². The molecular weight excluding hydrogens is 352 g/mol. The van der Waals surface area contributed by atoms with Crippen molar-refractivity contribution >= 4 is 5.71 Å². The molecule has 3 unspecified atom stereocenters. The monoisotopic (exact) mass is 379 g/mol. The SMILES string of the molecule is C1=C2Cc3cccc4c3CC35Cc6c(cccc6CC6CCC(CC(=[N+]23)C1)N65)C4. The van der Waals surface area contributed by atoms with Gasteiger partial charge in [-0.1, -0.05) is 36.4 Å². The average Bonchev–Trinajstić information content (AvgIpc) is 3.21. The molecule has 0 radical (unpaired) electrons. The summed E-state index contributed by atoms with van der Waals surface area (Å²) in [5.74, 6) is 0. The zero-order valence-corrected chi connectivity index (χ0v) is 17.0. The molecular formula is C27H27N2+. The van der Waals surface area contributed by atoms with Crippen LogP contribution in [0.15, 0.2) is 48.2 Å². The third-order valence-electron chi connectivity index (χ3n) is 9.03. The van der Waals surface area contributed by atoms with Gasteiger partial charge in [0.15, 0.2) is 11.4 Å². The lowest BCUT2D eigenvalue weighted by Gasteiger charge is -2.46. The normalized spacial score (nSPS) is 33.0. The fourth-order valence-corrected chi connectivity index (χ4v) is 8.08. The van der Waals surface area contributed by atoms with Crippen molar-refractivity contribution < 1.29 is 4.58 Å². The Kier molecular flexibility index (Phi) is 2.75. The quantitative estimate of drug-likeness (QED) is 0.623. The van der Waals surface area contributed by atoms with Gasteiger partial charge < -0.3 is 0 Å². The molecule has 1 aliphatic carbocycles. The highest BCUT2D eigenvalue weighted by molar-refractivity contribution is 5.84. The predicted molar refractivity (Wildman–Crippen MR) is 114 cm³/mol. The van der Waals surface area contributed by atoms with E-state index < -0.39 is 0 Å². The summed E-state index contributed by atoms with van der Waals surface area (Å²) in [5, 5.41) is 0. The van der Waals surface area contributed by atoms with Gasteiger partial charge in [-0.3, -0.25) is 0 Å². The minimum atomic E-state index is 0.130. The summed E-state index contributed by atoms with van der Waals surface area (Å²) in [6, 6.07) is 15.8. The molecule has 3 bridgehead atoms. The van der Waals surface area contributed by atoms with Gasteiger partial charge in [0.1, 0.15) is 0 Å². The van der Waals surface area contributed by atoms with Crippen LogP contribution in [-0.2, 0) is 32.1 Å². The van der Waals surface area contributed by atoms with Gasteiger partial charge in [0.25, 0.3) is 0 Å². The first-order chi connectivity index (χ1) is 14.3. The van der Waals surface area contributed by atoms with Crippen molar-refractivity contribution in [1.29, 1.82) is 0 Å². The maximum Gasteiger partial charge on any atom is 0.232 e. The van der Waals surface area contributed by atoms with E-state index in [-0.39, 0.29) is 5.66 Å². The lowest BCUT2D eigenvalue weighted by atomic mass is 9.79. The summed E-state index contributed by atoms with van der Waals surface area (Å²) in [6.45, 7) is 0. The van der Waals surface area contributed by atoms with Crippen LogP contribution in [0, 0.1) is 0 Å². The molecule has 29 heavy (non-hydrogen) atoms. The summed E-state index contributed by atoms with van der Waals surface area (Å²) in [4.78, 5) is 3.05. The fraction of sp³-hybridized carbons (Fsp3) is 0.444. The first-order valence-corrected chi connectivity index (χ1v) is 11.6. The second kappa shape index (κ2) is 5.10. The van der Waals surface area contributed by atoms with Crippen LogP contribution in [0.4, 0.5) is 0 Å². The third kappa shape index (κ3) is 1.81. The van der Waals surface area contributed by atoms with Crippen LogP contribution in [0.3, 0.4) is 0 Å². The highest BCUT2D eigenvalue weighted by Crippen LogP contribution is 2.51. The second-order valence-corrected chi connectivity index (χ2v) is 10.3. The molecule has 0 saturated carbocycles. The molecule has 0 aromatic heterocycles. The Labute approximate surface area is 172 Å². The van der Waals surface area contributed by atoms with Crippen LogP contribution in [-0.4, -0.2) is 32.9 Å². The van der Waals surface area contributed by atoms with Gasteiger partial charge in [0.2, 0.25) is 5.66 Å². The van der Waals surface area contributed by atoms with Crippen molar-refractivity contribution in [1.82, 2.24) is 4.90 Å². The number of allylic oxidation sites excluding steroid dienone is 2. The Balaban J connectivity index is 1.53. The van der Waals surface area contributed by atoms with Crippen molar-refractivity contribution in [3.8, 4) is 0 Å². The molecule has 1 spiro atoms. The van der Waals surface area contributed by atoms with E-state index >= 15 is 0 Å². The van der Waals surface area contributed by atoms with E-state index in [9.17, 15) is 0 Å². The van der Waals surface area contributed by atoms with Crippen LogP contribution >= 0.6 is 0 Å². The Morgan fingerprint density at radius 2 is 1.45 bits per heavy atom. The number of nitrogens with zero attached hydrogens (tertiary/aromatic N) is 2. The third-order valence-corrected chi connectivity index (χ3v) is 9.03. The van der Waals surface area contributed by atoms with E-state index in [4.69, 9.17) is 0 Å². The molecule has 0 N–H and O–H groups in total. The zero-order valence-electron chi connectivity index (χ0n) is 17.0. The van der Waals surface area contributed by atoms with Gasteiger partial charge in [0.05, 0.1) is 25.7 Å². The van der Waals surface area contributed by atoms with E-state index in [1.54, 1.807) is 44.8 Å². The smallest absolute Gasteiger partial charge is 0.232 e. The first kappa shape index (κ1) is 15.6. The van der Waals surface area contributed by atoms with Crippen LogP contribution in [0.1, 0.15) is 59.1 Å². The van der Waals surface area contributed by atoms with E-state index in [1.807, 2.05) is 0 Å². The standard InChI is InChI=1S/C27H27N2/c1-3-17-11-18-4-2-6-20-13-22-8-10-24-14-23-9-7-21-12-19(5-1)25(17)15-27(28(21)23,29(22)24)16-26(18)20/h1-7,22,24H,8-16H2/q+1. The van der Waals surface area contributed by atoms with Gasteiger partial charge in [-0.15, -0.1) is 0 Å². The van der Waals surface area contributed by atoms with E-state index in [0.29, 0.717) is 6.04 Å². The summed E-state index contributed by atoms with van der Waals surface area (Å²) in [5.41, 5.74) is 13.2. The first-order valence-electron chi connectivity index (χ1n) is 11.6. The molecule has 0 amide bonds. The molecule has 1 saturated heterocycles. The summed E-state index contributed by atoms with van der Waals surface area (Å²) >= 11 is 0. The Morgan fingerprint density at radius 1 is 0.793 bits per heavy atom. The molecule has 2 aromatic carbocycles. The van der Waals surface area contributed by atoms with Crippen molar-refractivity contribution in [3.63, 3.8) is 0 Å². The van der Waals surface area contributed by atoms with Gasteiger partial charge in [-0.2, -0.15) is 4.58 Å². The van der Waals surface area contributed by atoms with Crippen molar-refractivity contribution in [3.05, 3.63) is 81.6 Å². The average molecular weight is 380 g/mol. The number of hydrogen-bond acceptors (Lipinski definition) is 1. The van der Waals surface area contributed by atoms with Crippen LogP contribution in [0.5, 0.6) is 0 Å². The molecule has 8 rings (SSSR count). The van der Waals surface area contributed by atoms with Crippen molar-refractivity contribution in [2.75, 3.05) is 0 Å². The molecule has 6 aliphatic rings. The molecule has 3 atom stereocenters. The summed E-state index contributed by atoms with van der Waals surface area (Å²) in [7, 11) is 0. The van der Waals surface area contributed by atoms with Gasteiger partial charge in [-0.05, 0) is 65.1 Å². The predicted octanol–water partition coefficient (Wildman–Crippen LogP) is 4.16. The number of rotatable bonds is 0. The molecule has 2 aromatic rings. The lowest BCUT2D eigenvalue weighted by molar-refractivity contribution is -0.606. The molecule has 2 nitrogen and oxygen atoms in total. The lowest BCUT2D eigenvalue weighted by Crippen LogP contribution is -2.66. The largest absolute Gasteiger partial charge is 0.235 e. The summed E-state index contributed by atoms with van der Waals surface area (Å²) in [6.07, 6.45) is 13.7. The van der Waals surface area contributed by atoms with Gasteiger partial charge >= 0.3 is 0 Å². The molecule has 1 fully saturated rings. The summed E-state index contributed by atoms with van der Waals surface area (Å²) < 4.78 is 2.89. The van der Waals surface area contributed by atoms with Crippen LogP contribution < -0.4 is 0 Å². The molecule has 5 heterocycles. The van der Waals surface area contributed by atoms with Crippen LogP contribution in [0.2, 0.25) is 0 Å². The number of benzene rings is 2. The second-order valence-electron chi connectivity index (χ2n) is 10.3. The van der Waals surface area contributed by atoms with E-state index in [2.05, 4.69) is 51.9 Å². The van der Waals surface area contributed by atoms with Crippen molar-refractivity contribution in [2.24, 2.45) is 0 Å². The Morgan fingerprint density at radius 3 is 2.24 bits per heavy atom.